The molecule has 1 saturated carbocycles. The average Bonchev–Trinajstić information content (AvgIpc) is 2.99. The lowest BCUT2D eigenvalue weighted by Crippen LogP contribution is -2.07. The molecule has 0 unspecified atom stereocenters. The Balaban J connectivity index is 2.02. The molecule has 5 heteroatoms. The van der Waals surface area contributed by atoms with Crippen molar-refractivity contribution in [2.24, 2.45) is 5.92 Å². The summed E-state index contributed by atoms with van der Waals surface area (Å²) in [6.07, 6.45) is 3.71. The Kier molecular flexibility index (Phi) is 2.62. The summed E-state index contributed by atoms with van der Waals surface area (Å²) in [5, 5.41) is 4.10. The first-order chi connectivity index (χ1) is 7.20. The molecule has 0 aromatic carbocycles. The quantitative estimate of drug-likeness (QED) is 0.752. The van der Waals surface area contributed by atoms with E-state index in [-0.39, 0.29) is 5.69 Å². The number of carbonyl (C=O) groups is 1. The van der Waals surface area contributed by atoms with Crippen LogP contribution in [0.5, 0.6) is 0 Å². The van der Waals surface area contributed by atoms with E-state index in [9.17, 15) is 4.79 Å². The molecular formula is C10H15N3O2. The van der Waals surface area contributed by atoms with Gasteiger partial charge in [-0.3, -0.25) is 0 Å². The number of anilines is 1. The van der Waals surface area contributed by atoms with Gasteiger partial charge in [0.15, 0.2) is 5.69 Å². The highest BCUT2D eigenvalue weighted by atomic mass is 16.5. The summed E-state index contributed by atoms with van der Waals surface area (Å²) < 4.78 is 6.24. The van der Waals surface area contributed by atoms with Crippen molar-refractivity contribution in [1.82, 2.24) is 9.78 Å². The SMILES string of the molecule is COC(=O)c1cc(N)n(CCC2CC2)n1. The normalized spacial score (nSPS) is 15.3. The van der Waals surface area contributed by atoms with E-state index in [1.807, 2.05) is 0 Å². The number of rotatable bonds is 4. The Morgan fingerprint density at radius 2 is 2.47 bits per heavy atom. The van der Waals surface area contributed by atoms with E-state index in [4.69, 9.17) is 5.73 Å². The van der Waals surface area contributed by atoms with E-state index in [0.717, 1.165) is 18.9 Å². The van der Waals surface area contributed by atoms with E-state index in [1.54, 1.807) is 10.7 Å². The zero-order valence-electron chi connectivity index (χ0n) is 8.77. The summed E-state index contributed by atoms with van der Waals surface area (Å²) in [5.74, 6) is 0.915. The summed E-state index contributed by atoms with van der Waals surface area (Å²) in [6, 6.07) is 1.55. The van der Waals surface area contributed by atoms with E-state index in [1.165, 1.54) is 20.0 Å². The van der Waals surface area contributed by atoms with Crippen LogP contribution in [0.3, 0.4) is 0 Å². The van der Waals surface area contributed by atoms with Gasteiger partial charge in [-0.05, 0) is 12.3 Å². The van der Waals surface area contributed by atoms with Crippen molar-refractivity contribution in [2.45, 2.75) is 25.8 Å². The molecule has 0 radical (unpaired) electrons. The molecule has 1 aromatic heterocycles. The predicted octanol–water partition coefficient (Wildman–Crippen LogP) is 1.05. The molecule has 82 valence electrons. The second kappa shape index (κ2) is 3.92. The van der Waals surface area contributed by atoms with Crippen LogP contribution < -0.4 is 5.73 Å². The van der Waals surface area contributed by atoms with Gasteiger partial charge < -0.3 is 10.5 Å². The molecule has 1 heterocycles. The summed E-state index contributed by atoms with van der Waals surface area (Å²) in [5.41, 5.74) is 6.02. The Bertz CT molecular complexity index is 369. The van der Waals surface area contributed by atoms with Gasteiger partial charge in [-0.2, -0.15) is 5.10 Å². The van der Waals surface area contributed by atoms with Crippen LogP contribution in [-0.4, -0.2) is 22.9 Å². The molecule has 0 amide bonds. The number of esters is 1. The van der Waals surface area contributed by atoms with Gasteiger partial charge in [0, 0.05) is 12.6 Å². The maximum atomic E-state index is 11.2. The predicted molar refractivity (Wildman–Crippen MR) is 55.3 cm³/mol. The molecule has 0 bridgehead atoms. The highest BCUT2D eigenvalue weighted by molar-refractivity contribution is 5.87. The van der Waals surface area contributed by atoms with Crippen molar-refractivity contribution < 1.29 is 9.53 Å². The maximum absolute atomic E-state index is 11.2. The van der Waals surface area contributed by atoms with Crippen LogP contribution in [0, 0.1) is 5.92 Å². The van der Waals surface area contributed by atoms with Crippen molar-refractivity contribution in [2.75, 3.05) is 12.8 Å². The third kappa shape index (κ3) is 2.29. The summed E-state index contributed by atoms with van der Waals surface area (Å²) in [4.78, 5) is 11.2. The fraction of sp³-hybridized carbons (Fsp3) is 0.600. The van der Waals surface area contributed by atoms with Crippen molar-refractivity contribution in [3.8, 4) is 0 Å². The number of hydrogen-bond acceptors (Lipinski definition) is 4. The zero-order valence-corrected chi connectivity index (χ0v) is 8.77. The number of hydrogen-bond donors (Lipinski definition) is 1. The first kappa shape index (κ1) is 10.0. The van der Waals surface area contributed by atoms with Crippen LogP contribution in [0.4, 0.5) is 5.82 Å². The fourth-order valence-corrected chi connectivity index (χ4v) is 1.53. The van der Waals surface area contributed by atoms with Gasteiger partial charge in [-0.1, -0.05) is 12.8 Å². The van der Waals surface area contributed by atoms with Gasteiger partial charge in [0.25, 0.3) is 0 Å². The minimum Gasteiger partial charge on any atom is -0.464 e. The van der Waals surface area contributed by atoms with Gasteiger partial charge in [0.1, 0.15) is 5.82 Å². The van der Waals surface area contributed by atoms with Crippen LogP contribution in [0.15, 0.2) is 6.07 Å². The molecule has 0 atom stereocenters. The summed E-state index contributed by atoms with van der Waals surface area (Å²) in [6.45, 7) is 0.785. The lowest BCUT2D eigenvalue weighted by molar-refractivity contribution is 0.0593. The topological polar surface area (TPSA) is 70.1 Å². The van der Waals surface area contributed by atoms with Gasteiger partial charge in [0.2, 0.25) is 0 Å². The number of ether oxygens (including phenoxy) is 1. The largest absolute Gasteiger partial charge is 0.464 e. The third-order valence-corrected chi connectivity index (χ3v) is 2.65. The maximum Gasteiger partial charge on any atom is 0.358 e. The van der Waals surface area contributed by atoms with Gasteiger partial charge in [0.05, 0.1) is 7.11 Å². The zero-order chi connectivity index (χ0) is 10.8. The number of nitrogens with two attached hydrogens (primary N) is 1. The Morgan fingerprint density at radius 1 is 1.73 bits per heavy atom. The van der Waals surface area contributed by atoms with Crippen LogP contribution in [-0.2, 0) is 11.3 Å². The van der Waals surface area contributed by atoms with Crippen molar-refractivity contribution in [1.29, 1.82) is 0 Å². The summed E-state index contributed by atoms with van der Waals surface area (Å²) in [7, 11) is 1.34. The molecule has 15 heavy (non-hydrogen) atoms. The van der Waals surface area contributed by atoms with Gasteiger partial charge in [-0.25, -0.2) is 9.48 Å². The number of methoxy groups -OCH3 is 1. The first-order valence-electron chi connectivity index (χ1n) is 5.12. The molecule has 1 aliphatic carbocycles. The van der Waals surface area contributed by atoms with E-state index in [0.29, 0.717) is 5.82 Å². The average molecular weight is 209 g/mol. The fourth-order valence-electron chi connectivity index (χ4n) is 1.53. The molecule has 1 aromatic rings. The van der Waals surface area contributed by atoms with Crippen LogP contribution in [0.1, 0.15) is 29.8 Å². The molecular weight excluding hydrogens is 194 g/mol. The number of carbonyl (C=O) groups excluding carboxylic acids is 1. The van der Waals surface area contributed by atoms with Crippen molar-refractivity contribution in [3.63, 3.8) is 0 Å². The van der Waals surface area contributed by atoms with Crippen molar-refractivity contribution in [3.05, 3.63) is 11.8 Å². The van der Waals surface area contributed by atoms with Crippen LogP contribution >= 0.6 is 0 Å². The Labute approximate surface area is 88.2 Å². The monoisotopic (exact) mass is 209 g/mol. The van der Waals surface area contributed by atoms with Gasteiger partial charge >= 0.3 is 5.97 Å². The standard InChI is InChI=1S/C10H15N3O2/c1-15-10(14)8-6-9(11)13(12-8)5-4-7-2-3-7/h6-7H,2-5,11H2,1H3. The lowest BCUT2D eigenvalue weighted by Gasteiger charge is -2.01. The molecule has 0 aliphatic heterocycles. The minimum absolute atomic E-state index is 0.283. The van der Waals surface area contributed by atoms with Crippen molar-refractivity contribution >= 4 is 11.8 Å². The van der Waals surface area contributed by atoms with E-state index in [2.05, 4.69) is 9.84 Å². The first-order valence-corrected chi connectivity index (χ1v) is 5.12. The van der Waals surface area contributed by atoms with Crippen LogP contribution in [0.2, 0.25) is 0 Å². The smallest absolute Gasteiger partial charge is 0.358 e. The molecule has 1 aliphatic rings. The van der Waals surface area contributed by atoms with E-state index < -0.39 is 5.97 Å². The number of nitrogens with zero attached hydrogens (tertiary/aromatic N) is 2. The molecule has 0 saturated heterocycles. The molecule has 1 fully saturated rings. The minimum atomic E-state index is -0.438. The summed E-state index contributed by atoms with van der Waals surface area (Å²) >= 11 is 0. The number of nitrogen functional groups attached to an aromatic ring is 1. The lowest BCUT2D eigenvalue weighted by atomic mass is 10.3. The number of aryl methyl sites for hydroxylation is 1. The molecule has 0 spiro atoms. The molecule has 2 N–H and O–H groups in total. The third-order valence-electron chi connectivity index (χ3n) is 2.65. The molecule has 2 rings (SSSR count). The second-order valence-corrected chi connectivity index (χ2v) is 3.90. The Morgan fingerprint density at radius 3 is 3.07 bits per heavy atom. The second-order valence-electron chi connectivity index (χ2n) is 3.90. The highest BCUT2D eigenvalue weighted by Gasteiger charge is 2.21. The van der Waals surface area contributed by atoms with E-state index >= 15 is 0 Å². The number of aromatic nitrogens is 2. The molecule has 5 nitrogen and oxygen atoms in total. The highest BCUT2D eigenvalue weighted by Crippen LogP contribution is 2.32. The van der Waals surface area contributed by atoms with Gasteiger partial charge in [-0.15, -0.1) is 0 Å². The Hall–Kier alpha value is -1.52. The van der Waals surface area contributed by atoms with Crippen LogP contribution in [0.25, 0.3) is 0 Å².